The van der Waals surface area contributed by atoms with Crippen LogP contribution in [0.5, 0.6) is 0 Å². The zero-order valence-corrected chi connectivity index (χ0v) is 12.3. The molecule has 0 aromatic carbocycles. The zero-order valence-electron chi connectivity index (χ0n) is 11.5. The lowest BCUT2D eigenvalue weighted by molar-refractivity contribution is 0.514. The fraction of sp³-hybridized carbons (Fsp3) is 0.833. The molecule has 1 N–H and O–H groups in total. The van der Waals surface area contributed by atoms with Gasteiger partial charge in [-0.1, -0.05) is 32.9 Å². The highest BCUT2D eigenvalue weighted by atomic mass is 32.2. The summed E-state index contributed by atoms with van der Waals surface area (Å²) in [5.41, 5.74) is 1.19. The van der Waals surface area contributed by atoms with Gasteiger partial charge in [0.05, 0.1) is 17.9 Å². The van der Waals surface area contributed by atoms with Crippen LogP contribution in [-0.2, 0) is 6.54 Å². The van der Waals surface area contributed by atoms with Crippen molar-refractivity contribution in [3.63, 3.8) is 0 Å². The molecule has 0 spiro atoms. The second-order valence-corrected chi connectivity index (χ2v) is 6.99. The van der Waals surface area contributed by atoms with Crippen LogP contribution in [0.4, 0.5) is 0 Å². The number of rotatable bonds is 6. The van der Waals surface area contributed by atoms with E-state index >= 15 is 0 Å². The molecule has 0 aliphatic rings. The maximum Gasteiger partial charge on any atom is 0.0764 e. The van der Waals surface area contributed by atoms with Crippen molar-refractivity contribution in [2.24, 2.45) is 0 Å². The molecular weight excluding hydrogens is 232 g/mol. The van der Waals surface area contributed by atoms with E-state index in [2.05, 4.69) is 43.3 Å². The second kappa shape index (κ2) is 6.40. The van der Waals surface area contributed by atoms with Crippen molar-refractivity contribution in [2.75, 3.05) is 12.8 Å². The number of hydrogen-bond acceptors (Lipinski definition) is 4. The minimum Gasteiger partial charge on any atom is -0.311 e. The zero-order chi connectivity index (χ0) is 12.9. The summed E-state index contributed by atoms with van der Waals surface area (Å²) in [5, 5.41) is 11.5. The summed E-state index contributed by atoms with van der Waals surface area (Å²) in [7, 11) is 2.00. The third-order valence-corrected chi connectivity index (χ3v) is 3.84. The Labute approximate surface area is 109 Å². The molecule has 0 amide bonds. The highest BCUT2D eigenvalue weighted by Gasteiger charge is 2.19. The van der Waals surface area contributed by atoms with E-state index in [0.717, 1.165) is 18.7 Å². The van der Waals surface area contributed by atoms with E-state index in [0.29, 0.717) is 6.04 Å². The molecule has 0 radical (unpaired) electrons. The van der Waals surface area contributed by atoms with Gasteiger partial charge in [-0.05, 0) is 13.5 Å². The molecule has 1 atom stereocenters. The van der Waals surface area contributed by atoms with Gasteiger partial charge in [0.2, 0.25) is 0 Å². The Morgan fingerprint density at radius 1 is 1.47 bits per heavy atom. The molecule has 5 heteroatoms. The highest BCUT2D eigenvalue weighted by molar-refractivity contribution is 8.00. The molecule has 1 heterocycles. The van der Waals surface area contributed by atoms with Gasteiger partial charge in [-0.15, -0.1) is 5.10 Å². The van der Waals surface area contributed by atoms with E-state index in [1.807, 2.05) is 29.7 Å². The molecule has 0 saturated carbocycles. The predicted molar refractivity (Wildman–Crippen MR) is 74.3 cm³/mol. The fourth-order valence-electron chi connectivity index (χ4n) is 1.57. The van der Waals surface area contributed by atoms with E-state index in [9.17, 15) is 0 Å². The van der Waals surface area contributed by atoms with Gasteiger partial charge >= 0.3 is 0 Å². The normalized spacial score (nSPS) is 13.9. The molecule has 1 rings (SSSR count). The number of hydrogen-bond donors (Lipinski definition) is 1. The molecule has 1 aromatic rings. The summed E-state index contributed by atoms with van der Waals surface area (Å²) in [6.07, 6.45) is 2.96. The average Bonchev–Trinajstić information content (AvgIpc) is 2.66. The molecule has 0 bridgehead atoms. The number of thioether (sulfide) groups is 1. The van der Waals surface area contributed by atoms with E-state index in [1.165, 1.54) is 5.69 Å². The largest absolute Gasteiger partial charge is 0.311 e. The van der Waals surface area contributed by atoms with E-state index in [1.54, 1.807) is 0 Å². The summed E-state index contributed by atoms with van der Waals surface area (Å²) < 4.78 is 2.29. The summed E-state index contributed by atoms with van der Waals surface area (Å²) in [6, 6.07) is 0.320. The molecule has 17 heavy (non-hydrogen) atoms. The van der Waals surface area contributed by atoms with Crippen LogP contribution in [0.3, 0.4) is 0 Å². The molecule has 0 fully saturated rings. The minimum atomic E-state index is 0.290. The van der Waals surface area contributed by atoms with Crippen LogP contribution in [0.25, 0.3) is 0 Å². The Hall–Kier alpha value is -0.550. The number of aromatic nitrogens is 3. The number of aryl methyl sites for hydroxylation is 1. The summed E-state index contributed by atoms with van der Waals surface area (Å²) in [4.78, 5) is 0. The van der Waals surface area contributed by atoms with Crippen molar-refractivity contribution in [1.29, 1.82) is 0 Å². The van der Waals surface area contributed by atoms with Gasteiger partial charge in [0.25, 0.3) is 0 Å². The maximum atomic E-state index is 4.14. The van der Waals surface area contributed by atoms with Gasteiger partial charge < -0.3 is 5.32 Å². The molecule has 0 aliphatic carbocycles. The first-order valence-corrected chi connectivity index (χ1v) is 7.16. The van der Waals surface area contributed by atoms with Gasteiger partial charge in [-0.25, -0.2) is 4.68 Å². The Bertz CT molecular complexity index is 329. The Morgan fingerprint density at radius 3 is 2.71 bits per heavy atom. The summed E-state index contributed by atoms with van der Waals surface area (Å²) >= 11 is 1.96. The van der Waals surface area contributed by atoms with Crippen molar-refractivity contribution < 1.29 is 0 Å². The highest BCUT2D eigenvalue weighted by Crippen LogP contribution is 2.27. The molecule has 1 unspecified atom stereocenters. The standard InChI is InChI=1S/C12H24N4S/c1-6-7-16-11(8-14-15-16)10(13-5)9-17-12(2,3)4/h8,10,13H,6-7,9H2,1-5H3. The first-order chi connectivity index (χ1) is 7.98. The molecule has 0 saturated heterocycles. The quantitative estimate of drug-likeness (QED) is 0.849. The monoisotopic (exact) mass is 256 g/mol. The second-order valence-electron chi connectivity index (χ2n) is 5.15. The lowest BCUT2D eigenvalue weighted by Gasteiger charge is -2.22. The average molecular weight is 256 g/mol. The van der Waals surface area contributed by atoms with Crippen LogP contribution < -0.4 is 5.32 Å². The van der Waals surface area contributed by atoms with Crippen molar-refractivity contribution in [3.8, 4) is 0 Å². The van der Waals surface area contributed by atoms with Gasteiger partial charge in [0.15, 0.2) is 0 Å². The Kier molecular flexibility index (Phi) is 5.46. The Morgan fingerprint density at radius 2 is 2.18 bits per heavy atom. The molecule has 0 aliphatic heterocycles. The topological polar surface area (TPSA) is 42.7 Å². The lowest BCUT2D eigenvalue weighted by atomic mass is 10.2. The number of nitrogens with one attached hydrogen (secondary N) is 1. The predicted octanol–water partition coefficient (Wildman–Crippen LogP) is 2.48. The van der Waals surface area contributed by atoms with Crippen LogP contribution in [0.15, 0.2) is 6.20 Å². The third kappa shape index (κ3) is 4.68. The van der Waals surface area contributed by atoms with Crippen LogP contribution in [0, 0.1) is 0 Å². The first-order valence-electron chi connectivity index (χ1n) is 6.17. The maximum absolute atomic E-state index is 4.14. The van der Waals surface area contributed by atoms with E-state index in [4.69, 9.17) is 0 Å². The van der Waals surface area contributed by atoms with E-state index < -0.39 is 0 Å². The van der Waals surface area contributed by atoms with Crippen molar-refractivity contribution in [2.45, 2.75) is 51.4 Å². The SMILES string of the molecule is CCCn1nncc1C(CSC(C)(C)C)NC. The fourth-order valence-corrected chi connectivity index (χ4v) is 2.58. The van der Waals surface area contributed by atoms with Crippen molar-refractivity contribution >= 4 is 11.8 Å². The molecule has 4 nitrogen and oxygen atoms in total. The molecule has 1 aromatic heterocycles. The Balaban J connectivity index is 2.69. The van der Waals surface area contributed by atoms with Crippen LogP contribution >= 0.6 is 11.8 Å². The van der Waals surface area contributed by atoms with Gasteiger partial charge in [0.1, 0.15) is 0 Å². The van der Waals surface area contributed by atoms with Crippen molar-refractivity contribution in [1.82, 2.24) is 20.3 Å². The van der Waals surface area contributed by atoms with Crippen LogP contribution in [0.2, 0.25) is 0 Å². The minimum absolute atomic E-state index is 0.290. The van der Waals surface area contributed by atoms with Gasteiger partial charge in [-0.3, -0.25) is 0 Å². The van der Waals surface area contributed by atoms with Crippen molar-refractivity contribution in [3.05, 3.63) is 11.9 Å². The molecule has 98 valence electrons. The van der Waals surface area contributed by atoms with E-state index in [-0.39, 0.29) is 4.75 Å². The first kappa shape index (κ1) is 14.5. The smallest absolute Gasteiger partial charge is 0.0764 e. The lowest BCUT2D eigenvalue weighted by Crippen LogP contribution is -2.24. The summed E-state index contributed by atoms with van der Waals surface area (Å²) in [5.74, 6) is 1.04. The summed E-state index contributed by atoms with van der Waals surface area (Å²) in [6.45, 7) is 9.82. The number of nitrogens with zero attached hydrogens (tertiary/aromatic N) is 3. The third-order valence-electron chi connectivity index (χ3n) is 2.47. The van der Waals surface area contributed by atoms with Gasteiger partial charge in [-0.2, -0.15) is 11.8 Å². The molecular formula is C12H24N4S. The van der Waals surface area contributed by atoms with Gasteiger partial charge in [0, 0.05) is 17.0 Å². The van der Waals surface area contributed by atoms with Crippen LogP contribution in [-0.4, -0.2) is 32.5 Å². The van der Waals surface area contributed by atoms with Crippen LogP contribution in [0.1, 0.15) is 45.9 Å².